The monoisotopic (exact) mass is 219 g/mol. The fourth-order valence-corrected chi connectivity index (χ4v) is 3.78. The minimum absolute atomic E-state index is 0.340. The smallest absolute Gasteiger partial charge is 0.226 e. The van der Waals surface area contributed by atoms with E-state index in [4.69, 9.17) is 0 Å². The highest BCUT2D eigenvalue weighted by Crippen LogP contribution is 2.51. The van der Waals surface area contributed by atoms with Gasteiger partial charge in [0.05, 0.1) is 0 Å². The number of likely N-dealkylation sites (tertiary alicyclic amines) is 1. The van der Waals surface area contributed by atoms with Crippen molar-refractivity contribution < 1.29 is 4.79 Å². The lowest BCUT2D eigenvalue weighted by Crippen LogP contribution is -2.45. The Labute approximate surface area is 97.7 Å². The first kappa shape index (κ1) is 10.4. The van der Waals surface area contributed by atoms with Gasteiger partial charge in [-0.3, -0.25) is 4.79 Å². The van der Waals surface area contributed by atoms with E-state index in [0.29, 0.717) is 11.3 Å². The maximum atomic E-state index is 11.9. The summed E-state index contributed by atoms with van der Waals surface area (Å²) in [5, 5.41) is 0. The van der Waals surface area contributed by atoms with E-state index in [1.54, 1.807) is 11.1 Å². The van der Waals surface area contributed by atoms with E-state index < -0.39 is 0 Å². The Hall–Kier alpha value is -0.790. The zero-order valence-corrected chi connectivity index (χ0v) is 10.2. The fourth-order valence-electron chi connectivity index (χ4n) is 3.78. The second-order valence-electron chi connectivity index (χ2n) is 5.85. The molecule has 3 rings (SSSR count). The molecule has 1 heterocycles. The Kier molecular flexibility index (Phi) is 2.34. The van der Waals surface area contributed by atoms with Gasteiger partial charge in [0.15, 0.2) is 0 Å². The number of nitrogens with zero attached hydrogens (tertiary/aromatic N) is 1. The van der Waals surface area contributed by atoms with Gasteiger partial charge in [-0.15, -0.1) is 0 Å². The van der Waals surface area contributed by atoms with E-state index in [1.165, 1.54) is 44.9 Å². The van der Waals surface area contributed by atoms with Crippen molar-refractivity contribution in [3.8, 4) is 0 Å². The van der Waals surface area contributed by atoms with E-state index in [9.17, 15) is 4.79 Å². The third-order valence-corrected chi connectivity index (χ3v) is 4.88. The molecule has 2 aliphatic carbocycles. The molecule has 0 aromatic heterocycles. The van der Waals surface area contributed by atoms with Crippen molar-refractivity contribution in [3.05, 3.63) is 11.1 Å². The van der Waals surface area contributed by atoms with Crippen LogP contribution in [0.3, 0.4) is 0 Å². The minimum atomic E-state index is 0.340. The van der Waals surface area contributed by atoms with Crippen LogP contribution in [0, 0.1) is 5.41 Å². The Balaban J connectivity index is 1.96. The molecule has 16 heavy (non-hydrogen) atoms. The lowest BCUT2D eigenvalue weighted by molar-refractivity contribution is -0.132. The van der Waals surface area contributed by atoms with E-state index in [2.05, 4.69) is 0 Å². The van der Waals surface area contributed by atoms with Gasteiger partial charge in [-0.25, -0.2) is 0 Å². The summed E-state index contributed by atoms with van der Waals surface area (Å²) >= 11 is 0. The molecule has 0 atom stereocenters. The van der Waals surface area contributed by atoms with Crippen LogP contribution >= 0.6 is 0 Å². The van der Waals surface area contributed by atoms with E-state index in [0.717, 1.165) is 13.0 Å². The number of carbonyl (C=O) groups excluding carboxylic acids is 1. The Morgan fingerprint density at radius 2 is 1.81 bits per heavy atom. The summed E-state index contributed by atoms with van der Waals surface area (Å²) in [7, 11) is 1.98. The summed E-state index contributed by atoms with van der Waals surface area (Å²) in [6, 6.07) is 0. The average molecular weight is 219 g/mol. The molecular formula is C14H21NO. The maximum absolute atomic E-state index is 11.9. The molecule has 0 aromatic carbocycles. The van der Waals surface area contributed by atoms with Crippen molar-refractivity contribution in [2.24, 2.45) is 5.41 Å². The van der Waals surface area contributed by atoms with Crippen LogP contribution < -0.4 is 0 Å². The van der Waals surface area contributed by atoms with E-state index in [-0.39, 0.29) is 0 Å². The number of allylic oxidation sites excluding steroid dienone is 1. The lowest BCUT2D eigenvalue weighted by Gasteiger charge is -2.43. The topological polar surface area (TPSA) is 20.3 Å². The molecule has 2 heteroatoms. The van der Waals surface area contributed by atoms with Crippen LogP contribution in [0.2, 0.25) is 0 Å². The largest absolute Gasteiger partial charge is 0.345 e. The highest BCUT2D eigenvalue weighted by atomic mass is 16.2. The summed E-state index contributed by atoms with van der Waals surface area (Å²) in [5.41, 5.74) is 3.61. The van der Waals surface area contributed by atoms with Gasteiger partial charge in [0.2, 0.25) is 5.91 Å². The zero-order chi connectivity index (χ0) is 11.2. The van der Waals surface area contributed by atoms with Crippen molar-refractivity contribution in [1.82, 2.24) is 4.90 Å². The molecule has 3 aliphatic rings. The molecular weight excluding hydrogens is 198 g/mol. The van der Waals surface area contributed by atoms with Gasteiger partial charge in [0, 0.05) is 25.4 Å². The number of amides is 1. The second kappa shape index (κ2) is 3.61. The lowest BCUT2D eigenvalue weighted by atomic mass is 9.68. The summed E-state index contributed by atoms with van der Waals surface area (Å²) < 4.78 is 0. The standard InChI is InChI=1S/C14H21NO/c1-15-10-14(7-2-3-8-14)12(9-13(15)16)11-5-4-6-11/h2-10H2,1H3. The molecule has 1 saturated heterocycles. The highest BCUT2D eigenvalue weighted by molar-refractivity contribution is 5.80. The molecule has 1 aliphatic heterocycles. The highest BCUT2D eigenvalue weighted by Gasteiger charge is 2.44. The molecule has 0 unspecified atom stereocenters. The number of hydrogen-bond acceptors (Lipinski definition) is 1. The minimum Gasteiger partial charge on any atom is -0.345 e. The Bertz CT molecular complexity index is 344. The van der Waals surface area contributed by atoms with Gasteiger partial charge in [-0.05, 0) is 32.1 Å². The van der Waals surface area contributed by atoms with Gasteiger partial charge in [0.1, 0.15) is 0 Å². The van der Waals surface area contributed by atoms with Gasteiger partial charge in [-0.2, -0.15) is 0 Å². The first-order chi connectivity index (χ1) is 7.71. The molecule has 0 N–H and O–H groups in total. The van der Waals surface area contributed by atoms with Gasteiger partial charge >= 0.3 is 0 Å². The molecule has 2 saturated carbocycles. The Morgan fingerprint density at radius 1 is 1.12 bits per heavy atom. The average Bonchev–Trinajstić information content (AvgIpc) is 2.61. The van der Waals surface area contributed by atoms with Crippen molar-refractivity contribution in [1.29, 1.82) is 0 Å². The predicted octanol–water partition coefficient (Wildman–Crippen LogP) is 2.89. The van der Waals surface area contributed by atoms with Crippen LogP contribution in [0.4, 0.5) is 0 Å². The van der Waals surface area contributed by atoms with Crippen molar-refractivity contribution >= 4 is 5.91 Å². The summed E-state index contributed by atoms with van der Waals surface area (Å²) in [6.45, 7) is 0.991. The number of piperidine rings is 1. The van der Waals surface area contributed by atoms with Gasteiger partial charge in [-0.1, -0.05) is 24.0 Å². The summed E-state index contributed by atoms with van der Waals surface area (Å²) in [4.78, 5) is 13.8. The molecule has 0 radical (unpaired) electrons. The fraction of sp³-hybridized carbons (Fsp3) is 0.786. The van der Waals surface area contributed by atoms with Crippen LogP contribution in [0.5, 0.6) is 0 Å². The summed E-state index contributed by atoms with van der Waals surface area (Å²) in [5.74, 6) is 0.340. The first-order valence-electron chi connectivity index (χ1n) is 6.67. The molecule has 0 bridgehead atoms. The number of rotatable bonds is 0. The molecule has 1 amide bonds. The van der Waals surface area contributed by atoms with Crippen LogP contribution in [0.25, 0.3) is 0 Å². The van der Waals surface area contributed by atoms with Crippen molar-refractivity contribution in [2.45, 2.75) is 51.4 Å². The molecule has 3 fully saturated rings. The van der Waals surface area contributed by atoms with E-state index >= 15 is 0 Å². The summed E-state index contributed by atoms with van der Waals surface area (Å²) in [6.07, 6.45) is 9.98. The molecule has 0 aromatic rings. The number of hydrogen-bond donors (Lipinski definition) is 0. The number of carbonyl (C=O) groups is 1. The SMILES string of the molecule is CN1CC2(CCCC2)C(=C2CCC2)CC1=O. The quantitative estimate of drug-likeness (QED) is 0.574. The molecule has 88 valence electrons. The van der Waals surface area contributed by atoms with Crippen LogP contribution in [-0.4, -0.2) is 24.4 Å². The molecule has 2 nitrogen and oxygen atoms in total. The second-order valence-corrected chi connectivity index (χ2v) is 5.85. The van der Waals surface area contributed by atoms with E-state index in [1.807, 2.05) is 11.9 Å². The van der Waals surface area contributed by atoms with Crippen LogP contribution in [-0.2, 0) is 4.79 Å². The first-order valence-corrected chi connectivity index (χ1v) is 6.67. The van der Waals surface area contributed by atoms with Crippen LogP contribution in [0.15, 0.2) is 11.1 Å². The van der Waals surface area contributed by atoms with Gasteiger partial charge < -0.3 is 4.90 Å². The normalized spacial score (nSPS) is 28.8. The predicted molar refractivity (Wildman–Crippen MR) is 64.0 cm³/mol. The zero-order valence-electron chi connectivity index (χ0n) is 10.2. The van der Waals surface area contributed by atoms with Crippen molar-refractivity contribution in [3.63, 3.8) is 0 Å². The van der Waals surface area contributed by atoms with Crippen molar-refractivity contribution in [2.75, 3.05) is 13.6 Å². The van der Waals surface area contributed by atoms with Gasteiger partial charge in [0.25, 0.3) is 0 Å². The third kappa shape index (κ3) is 1.42. The molecule has 1 spiro atoms. The maximum Gasteiger partial charge on any atom is 0.226 e. The Morgan fingerprint density at radius 3 is 2.38 bits per heavy atom. The third-order valence-electron chi connectivity index (χ3n) is 4.88. The van der Waals surface area contributed by atoms with Crippen LogP contribution in [0.1, 0.15) is 51.4 Å².